The molecule has 0 aromatic heterocycles. The van der Waals surface area contributed by atoms with Gasteiger partial charge in [-0.1, -0.05) is 155 Å². The van der Waals surface area contributed by atoms with Crippen molar-refractivity contribution in [3.05, 3.63) is 0 Å². The number of carbonyl (C=O) groups is 1. The van der Waals surface area contributed by atoms with Crippen LogP contribution in [0.5, 0.6) is 0 Å². The first-order valence-electron chi connectivity index (χ1n) is 22.6. The molecule has 1 nitrogen and oxygen atoms in total. The molecule has 0 amide bonds. The van der Waals surface area contributed by atoms with Crippen LogP contribution >= 0.6 is 0 Å². The first-order valence-corrected chi connectivity index (χ1v) is 22.6. The molecule has 0 atom stereocenters. The Kier molecular flexibility index (Phi) is 16.1. The number of Topliss-reactive ketones (excluding diaryl/α,β-unsaturated/α-hetero) is 1. The van der Waals surface area contributed by atoms with Crippen LogP contribution in [0.2, 0.25) is 0 Å². The Hall–Kier alpha value is -0.330. The summed E-state index contributed by atoms with van der Waals surface area (Å²) >= 11 is 0. The Bertz CT molecular complexity index is 772. The first-order chi connectivity index (χ1) is 23.1. The van der Waals surface area contributed by atoms with Gasteiger partial charge in [-0.05, 0) is 119 Å². The lowest BCUT2D eigenvalue weighted by Crippen LogP contribution is -2.60. The highest BCUT2D eigenvalue weighted by atomic mass is 16.1. The Morgan fingerprint density at radius 2 is 0.702 bits per heavy atom. The maximum absolute atomic E-state index is 14.0. The lowest BCUT2D eigenvalue weighted by Gasteiger charge is -2.60. The number of carbonyl (C=O) groups excluding carboxylic acids is 1. The van der Waals surface area contributed by atoms with Gasteiger partial charge in [0.25, 0.3) is 0 Å². The smallest absolute Gasteiger partial charge is 0.145 e. The zero-order valence-corrected chi connectivity index (χ0v) is 32.1. The molecule has 0 aromatic rings. The molecule has 5 saturated carbocycles. The van der Waals surface area contributed by atoms with Crippen molar-refractivity contribution in [3.8, 4) is 0 Å². The van der Waals surface area contributed by atoms with Crippen molar-refractivity contribution in [3.63, 3.8) is 0 Å². The second-order valence-corrected chi connectivity index (χ2v) is 18.8. The minimum Gasteiger partial charge on any atom is -0.298 e. The zero-order valence-electron chi connectivity index (χ0n) is 32.1. The monoisotopic (exact) mass is 651 g/mol. The normalized spacial score (nSPS) is 36.2. The highest BCUT2D eigenvalue weighted by Crippen LogP contribution is 2.65. The maximum Gasteiger partial charge on any atom is 0.145 e. The second-order valence-electron chi connectivity index (χ2n) is 18.8. The lowest BCUT2D eigenvalue weighted by atomic mass is 9.42. The summed E-state index contributed by atoms with van der Waals surface area (Å²) in [4.78, 5) is 14.0. The summed E-state index contributed by atoms with van der Waals surface area (Å²) < 4.78 is 0. The van der Waals surface area contributed by atoms with E-state index in [9.17, 15) is 4.79 Å². The van der Waals surface area contributed by atoms with Crippen molar-refractivity contribution < 1.29 is 4.79 Å². The number of ketones is 1. The van der Waals surface area contributed by atoms with E-state index >= 15 is 0 Å². The summed E-state index contributed by atoms with van der Waals surface area (Å²) in [5, 5.41) is 0. The van der Waals surface area contributed by atoms with E-state index in [2.05, 4.69) is 13.8 Å². The molecular formula is C46H82O. The van der Waals surface area contributed by atoms with Gasteiger partial charge >= 0.3 is 0 Å². The van der Waals surface area contributed by atoms with Crippen molar-refractivity contribution >= 4 is 5.78 Å². The van der Waals surface area contributed by atoms with Gasteiger partial charge in [0.15, 0.2) is 0 Å². The van der Waals surface area contributed by atoms with E-state index in [1.54, 1.807) is 0 Å². The van der Waals surface area contributed by atoms with Crippen molar-refractivity contribution in [2.24, 2.45) is 46.3 Å². The van der Waals surface area contributed by atoms with Gasteiger partial charge in [0.2, 0.25) is 0 Å². The Morgan fingerprint density at radius 3 is 1.02 bits per heavy atom. The Balaban J connectivity index is 0.903. The molecule has 272 valence electrons. The van der Waals surface area contributed by atoms with Crippen molar-refractivity contribution in [1.29, 1.82) is 0 Å². The molecule has 5 fully saturated rings. The van der Waals surface area contributed by atoms with E-state index in [1.165, 1.54) is 225 Å². The van der Waals surface area contributed by atoms with E-state index in [0.29, 0.717) is 0 Å². The van der Waals surface area contributed by atoms with Crippen molar-refractivity contribution in [1.82, 2.24) is 0 Å². The van der Waals surface area contributed by atoms with Crippen LogP contribution < -0.4 is 0 Å². The molecule has 0 aromatic carbocycles. The molecule has 0 heterocycles. The summed E-state index contributed by atoms with van der Waals surface area (Å²) in [6.07, 6.45) is 50.1. The van der Waals surface area contributed by atoms with Crippen LogP contribution in [0.3, 0.4) is 0 Å². The quantitative estimate of drug-likeness (QED) is 0.120. The average molecular weight is 651 g/mol. The molecule has 0 radical (unpaired) electrons. The van der Waals surface area contributed by atoms with Crippen LogP contribution in [0, 0.1) is 46.3 Å². The van der Waals surface area contributed by atoms with Crippen molar-refractivity contribution in [2.75, 3.05) is 0 Å². The molecule has 0 N–H and O–H groups in total. The first kappa shape index (κ1) is 37.9. The van der Waals surface area contributed by atoms with E-state index in [4.69, 9.17) is 0 Å². The molecule has 0 aliphatic heterocycles. The average Bonchev–Trinajstić information content (AvgIpc) is 3.11. The van der Waals surface area contributed by atoms with Gasteiger partial charge in [-0.15, -0.1) is 0 Å². The lowest BCUT2D eigenvalue weighted by molar-refractivity contribution is -0.170. The molecule has 0 unspecified atom stereocenters. The second kappa shape index (κ2) is 19.9. The summed E-state index contributed by atoms with van der Waals surface area (Å²) in [6, 6.07) is 0. The zero-order chi connectivity index (χ0) is 32.8. The Morgan fingerprint density at radius 1 is 0.404 bits per heavy atom. The van der Waals surface area contributed by atoms with Crippen LogP contribution in [0.25, 0.3) is 0 Å². The highest BCUT2D eigenvalue weighted by molar-refractivity contribution is 5.96. The summed E-state index contributed by atoms with van der Waals surface area (Å²) in [5.41, 5.74) is 0.259. The molecule has 1 heteroatoms. The molecule has 0 saturated heterocycles. The number of hydrogen-bond donors (Lipinski definition) is 0. The topological polar surface area (TPSA) is 17.1 Å². The van der Waals surface area contributed by atoms with E-state index in [1.807, 2.05) is 0 Å². The number of rotatable bonds is 20. The van der Waals surface area contributed by atoms with Gasteiger partial charge < -0.3 is 0 Å². The van der Waals surface area contributed by atoms with Gasteiger partial charge in [0, 0.05) is 10.8 Å². The van der Waals surface area contributed by atoms with Gasteiger partial charge in [-0.25, -0.2) is 0 Å². The van der Waals surface area contributed by atoms with E-state index < -0.39 is 0 Å². The van der Waals surface area contributed by atoms with Crippen LogP contribution in [0.15, 0.2) is 0 Å². The third-order valence-corrected chi connectivity index (χ3v) is 15.7. The SMILES string of the molecule is CCCCCCCCCCC1CCC(C2CC[C@]3(CC2)C[C@@]2(CC[C@H](C4CCC(CCCCCCCCCC)CC4)CC2)C3=O)CC1. The predicted octanol–water partition coefficient (Wildman–Crippen LogP) is 15.0. The van der Waals surface area contributed by atoms with Gasteiger partial charge in [0.1, 0.15) is 5.78 Å². The molecule has 5 aliphatic carbocycles. The number of unbranched alkanes of at least 4 members (excludes halogenated alkanes) is 14. The fourth-order valence-electron chi connectivity index (χ4n) is 12.4. The maximum atomic E-state index is 14.0. The van der Waals surface area contributed by atoms with Gasteiger partial charge in [-0.2, -0.15) is 0 Å². The minimum atomic E-state index is 0.130. The van der Waals surface area contributed by atoms with Crippen LogP contribution in [0.1, 0.15) is 239 Å². The standard InChI is InChI=1S/C46H82O/c1-3-5-7-9-11-13-15-17-19-38-21-25-40(26-22-38)42-29-33-45(34-30-42)37-46(44(45)47)35-31-43(32-36-46)41-27-23-39(24-28-41)20-18-16-14-12-10-8-6-4-2/h38-43H,3-37H2,1-2H3/t38?,39?,40?,41?,42-,43?,45-,46-. The van der Waals surface area contributed by atoms with Gasteiger partial charge in [-0.3, -0.25) is 4.79 Å². The molecule has 0 bridgehead atoms. The fraction of sp³-hybridized carbons (Fsp3) is 0.978. The number of hydrogen-bond acceptors (Lipinski definition) is 1. The summed E-state index contributed by atoms with van der Waals surface area (Å²) in [6.45, 7) is 4.63. The summed E-state index contributed by atoms with van der Waals surface area (Å²) in [5.74, 6) is 6.67. The van der Waals surface area contributed by atoms with Crippen LogP contribution in [-0.4, -0.2) is 5.78 Å². The van der Waals surface area contributed by atoms with Crippen LogP contribution in [-0.2, 0) is 4.79 Å². The minimum absolute atomic E-state index is 0.130. The Labute approximate surface area is 294 Å². The summed E-state index contributed by atoms with van der Waals surface area (Å²) in [7, 11) is 0. The van der Waals surface area contributed by atoms with E-state index in [0.717, 1.165) is 41.3 Å². The van der Waals surface area contributed by atoms with E-state index in [-0.39, 0.29) is 10.8 Å². The third-order valence-electron chi connectivity index (χ3n) is 15.7. The van der Waals surface area contributed by atoms with Gasteiger partial charge in [0.05, 0.1) is 0 Å². The third kappa shape index (κ3) is 10.8. The fourth-order valence-corrected chi connectivity index (χ4v) is 12.4. The molecular weight excluding hydrogens is 569 g/mol. The molecule has 5 aliphatic rings. The predicted molar refractivity (Wildman–Crippen MR) is 204 cm³/mol. The molecule has 2 spiro atoms. The molecule has 5 rings (SSSR count). The van der Waals surface area contributed by atoms with Crippen LogP contribution in [0.4, 0.5) is 0 Å². The largest absolute Gasteiger partial charge is 0.298 e. The van der Waals surface area contributed by atoms with Crippen molar-refractivity contribution in [2.45, 2.75) is 239 Å². The highest BCUT2D eigenvalue weighted by Gasteiger charge is 2.63. The molecule has 47 heavy (non-hydrogen) atoms.